The molecule has 0 bridgehead atoms. The maximum atomic E-state index is 5.88. The number of hydrogen-bond acceptors (Lipinski definition) is 2. The zero-order valence-corrected chi connectivity index (χ0v) is 8.49. The Morgan fingerprint density at radius 3 is 2.86 bits per heavy atom. The average Bonchev–Trinajstić information content (AvgIpc) is 2.56. The summed E-state index contributed by atoms with van der Waals surface area (Å²) in [5, 5.41) is 0. The van der Waals surface area contributed by atoms with Crippen LogP contribution in [0.15, 0.2) is 24.3 Å². The van der Waals surface area contributed by atoms with Crippen molar-refractivity contribution in [2.75, 3.05) is 0 Å². The third kappa shape index (κ3) is 1.11. The summed E-state index contributed by atoms with van der Waals surface area (Å²) >= 11 is 0. The van der Waals surface area contributed by atoms with Crippen molar-refractivity contribution < 1.29 is 9.47 Å². The van der Waals surface area contributed by atoms with E-state index in [1.807, 2.05) is 13.8 Å². The van der Waals surface area contributed by atoms with E-state index >= 15 is 0 Å². The highest BCUT2D eigenvalue weighted by atomic mass is 16.8. The van der Waals surface area contributed by atoms with Crippen molar-refractivity contribution in [3.05, 3.63) is 35.4 Å². The zero-order valence-electron chi connectivity index (χ0n) is 8.49. The molecule has 2 atom stereocenters. The van der Waals surface area contributed by atoms with E-state index in [1.54, 1.807) is 0 Å². The van der Waals surface area contributed by atoms with E-state index in [0.29, 0.717) is 0 Å². The quantitative estimate of drug-likeness (QED) is 0.625. The molecule has 14 heavy (non-hydrogen) atoms. The minimum Gasteiger partial charge on any atom is -0.344 e. The summed E-state index contributed by atoms with van der Waals surface area (Å²) < 4.78 is 11.7. The van der Waals surface area contributed by atoms with E-state index in [0.717, 1.165) is 6.42 Å². The monoisotopic (exact) mass is 190 g/mol. The Labute approximate surface area is 83.8 Å². The second-order valence-corrected chi connectivity index (χ2v) is 4.50. The molecule has 0 radical (unpaired) electrons. The Balaban J connectivity index is 2.00. The molecule has 2 nitrogen and oxygen atoms in total. The van der Waals surface area contributed by atoms with E-state index in [-0.39, 0.29) is 12.2 Å². The van der Waals surface area contributed by atoms with Crippen molar-refractivity contribution in [1.29, 1.82) is 0 Å². The van der Waals surface area contributed by atoms with Crippen LogP contribution in [0.1, 0.15) is 31.1 Å². The Bertz CT molecular complexity index is 370. The molecule has 1 aromatic rings. The highest BCUT2D eigenvalue weighted by Gasteiger charge is 2.46. The molecule has 0 unspecified atom stereocenters. The number of fused-ring (bicyclic) bond motifs is 3. The summed E-state index contributed by atoms with van der Waals surface area (Å²) in [5.41, 5.74) is 2.68. The van der Waals surface area contributed by atoms with Crippen LogP contribution in [0, 0.1) is 0 Å². The predicted molar refractivity (Wildman–Crippen MR) is 52.9 cm³/mol. The van der Waals surface area contributed by atoms with Crippen LogP contribution in [-0.4, -0.2) is 11.9 Å². The number of hydrogen-bond donors (Lipinski definition) is 0. The lowest BCUT2D eigenvalue weighted by Gasteiger charge is -2.18. The van der Waals surface area contributed by atoms with Gasteiger partial charge in [-0.1, -0.05) is 24.3 Å². The van der Waals surface area contributed by atoms with Crippen molar-refractivity contribution in [3.63, 3.8) is 0 Å². The van der Waals surface area contributed by atoms with Gasteiger partial charge in [0.1, 0.15) is 6.10 Å². The summed E-state index contributed by atoms with van der Waals surface area (Å²) in [6.07, 6.45) is 1.37. The molecule has 1 aliphatic carbocycles. The summed E-state index contributed by atoms with van der Waals surface area (Å²) in [7, 11) is 0. The van der Waals surface area contributed by atoms with Crippen LogP contribution in [0.25, 0.3) is 0 Å². The van der Waals surface area contributed by atoms with Crippen LogP contribution >= 0.6 is 0 Å². The van der Waals surface area contributed by atoms with Crippen molar-refractivity contribution in [3.8, 4) is 0 Å². The molecule has 1 saturated heterocycles. The fraction of sp³-hybridized carbons (Fsp3) is 0.500. The molecule has 1 fully saturated rings. The topological polar surface area (TPSA) is 18.5 Å². The molecule has 1 heterocycles. The first kappa shape index (κ1) is 8.45. The highest BCUT2D eigenvalue weighted by Crippen LogP contribution is 2.45. The van der Waals surface area contributed by atoms with E-state index in [4.69, 9.17) is 9.47 Å². The summed E-state index contributed by atoms with van der Waals surface area (Å²) in [5.74, 6) is -0.414. The first-order chi connectivity index (χ1) is 6.66. The first-order valence-electron chi connectivity index (χ1n) is 5.09. The van der Waals surface area contributed by atoms with Crippen molar-refractivity contribution >= 4 is 0 Å². The van der Waals surface area contributed by atoms with Crippen LogP contribution in [0.2, 0.25) is 0 Å². The molecule has 0 N–H and O–H groups in total. The minimum atomic E-state index is -0.414. The lowest BCUT2D eigenvalue weighted by molar-refractivity contribution is -0.148. The summed E-state index contributed by atoms with van der Waals surface area (Å²) in [6, 6.07) is 8.44. The third-order valence-corrected chi connectivity index (χ3v) is 2.97. The molecule has 0 spiro atoms. The predicted octanol–water partition coefficient (Wildman–Crippen LogP) is 2.44. The van der Waals surface area contributed by atoms with Gasteiger partial charge in [-0.3, -0.25) is 0 Å². The molecule has 1 aromatic carbocycles. The van der Waals surface area contributed by atoms with Gasteiger partial charge in [0.15, 0.2) is 5.79 Å². The highest BCUT2D eigenvalue weighted by molar-refractivity contribution is 5.36. The molecule has 0 aromatic heterocycles. The Morgan fingerprint density at radius 2 is 2.00 bits per heavy atom. The van der Waals surface area contributed by atoms with Gasteiger partial charge in [-0.25, -0.2) is 0 Å². The first-order valence-corrected chi connectivity index (χ1v) is 5.09. The van der Waals surface area contributed by atoms with Gasteiger partial charge in [0.2, 0.25) is 0 Å². The second-order valence-electron chi connectivity index (χ2n) is 4.50. The van der Waals surface area contributed by atoms with Gasteiger partial charge >= 0.3 is 0 Å². The second kappa shape index (κ2) is 2.59. The molecule has 2 aliphatic rings. The zero-order chi connectivity index (χ0) is 9.76. The number of ether oxygens (including phenoxy) is 2. The van der Waals surface area contributed by atoms with E-state index in [1.165, 1.54) is 11.1 Å². The van der Waals surface area contributed by atoms with Gasteiger partial charge in [-0.2, -0.15) is 0 Å². The molecule has 0 saturated carbocycles. The normalized spacial score (nSPS) is 32.7. The molecule has 74 valence electrons. The van der Waals surface area contributed by atoms with Crippen molar-refractivity contribution in [1.82, 2.24) is 0 Å². The van der Waals surface area contributed by atoms with Gasteiger partial charge in [0.05, 0.1) is 6.10 Å². The molecular formula is C12H14O2. The van der Waals surface area contributed by atoms with Crippen LogP contribution in [0.4, 0.5) is 0 Å². The fourth-order valence-electron chi connectivity index (χ4n) is 2.46. The lowest BCUT2D eigenvalue weighted by Crippen LogP contribution is -2.22. The number of rotatable bonds is 0. The lowest BCUT2D eigenvalue weighted by atomic mass is 10.1. The van der Waals surface area contributed by atoms with Crippen LogP contribution in [-0.2, 0) is 15.9 Å². The Kier molecular flexibility index (Phi) is 1.56. The SMILES string of the molecule is CC1(C)O[C@@H]2Cc3ccccc3[C@@H]2O1. The van der Waals surface area contributed by atoms with Gasteiger partial charge in [0, 0.05) is 6.42 Å². The summed E-state index contributed by atoms with van der Waals surface area (Å²) in [6.45, 7) is 3.96. The average molecular weight is 190 g/mol. The Hall–Kier alpha value is -0.860. The van der Waals surface area contributed by atoms with Crippen LogP contribution in [0.5, 0.6) is 0 Å². The van der Waals surface area contributed by atoms with Crippen LogP contribution < -0.4 is 0 Å². The fourth-order valence-corrected chi connectivity index (χ4v) is 2.46. The summed E-state index contributed by atoms with van der Waals surface area (Å²) in [4.78, 5) is 0. The minimum absolute atomic E-state index is 0.154. The smallest absolute Gasteiger partial charge is 0.164 e. The van der Waals surface area contributed by atoms with E-state index < -0.39 is 5.79 Å². The third-order valence-electron chi connectivity index (χ3n) is 2.97. The standard InChI is InChI=1S/C12H14O2/c1-12(2)13-10-7-8-5-3-4-6-9(8)11(10)14-12/h3-6,10-11H,7H2,1-2H3/t10-,11+/m1/s1. The molecule has 0 amide bonds. The van der Waals surface area contributed by atoms with E-state index in [2.05, 4.69) is 24.3 Å². The van der Waals surface area contributed by atoms with Crippen molar-refractivity contribution in [2.24, 2.45) is 0 Å². The van der Waals surface area contributed by atoms with Gasteiger partial charge in [0.25, 0.3) is 0 Å². The number of benzene rings is 1. The molecular weight excluding hydrogens is 176 g/mol. The Morgan fingerprint density at radius 1 is 1.21 bits per heavy atom. The van der Waals surface area contributed by atoms with Gasteiger partial charge < -0.3 is 9.47 Å². The molecule has 1 aliphatic heterocycles. The molecule has 3 rings (SSSR count). The maximum Gasteiger partial charge on any atom is 0.164 e. The largest absolute Gasteiger partial charge is 0.344 e. The van der Waals surface area contributed by atoms with Gasteiger partial charge in [-0.15, -0.1) is 0 Å². The van der Waals surface area contributed by atoms with Gasteiger partial charge in [-0.05, 0) is 25.0 Å². The molecule has 2 heteroatoms. The van der Waals surface area contributed by atoms with E-state index in [9.17, 15) is 0 Å². The maximum absolute atomic E-state index is 5.88. The van der Waals surface area contributed by atoms with Crippen molar-refractivity contribution in [2.45, 2.75) is 38.3 Å². The van der Waals surface area contributed by atoms with Crippen LogP contribution in [0.3, 0.4) is 0 Å².